The van der Waals surface area contributed by atoms with Crippen molar-refractivity contribution in [2.75, 3.05) is 18.4 Å². The minimum atomic E-state index is -0.0796. The lowest BCUT2D eigenvalue weighted by molar-refractivity contribution is -0.0704. The first kappa shape index (κ1) is 19.6. The van der Waals surface area contributed by atoms with Gasteiger partial charge >= 0.3 is 0 Å². The summed E-state index contributed by atoms with van der Waals surface area (Å²) >= 11 is 1.64. The minimum absolute atomic E-state index is 0.0796. The number of hydrogen-bond donors (Lipinski definition) is 1. The second-order valence-corrected chi connectivity index (χ2v) is 9.14. The van der Waals surface area contributed by atoms with E-state index in [1.807, 2.05) is 12.1 Å². The molecule has 150 valence electrons. The van der Waals surface area contributed by atoms with Crippen LogP contribution in [0.15, 0.2) is 24.3 Å². The van der Waals surface area contributed by atoms with Gasteiger partial charge in [0.05, 0.1) is 17.9 Å². The van der Waals surface area contributed by atoms with Crippen molar-refractivity contribution in [2.45, 2.75) is 64.7 Å². The largest absolute Gasteiger partial charge is 0.373 e. The van der Waals surface area contributed by atoms with Gasteiger partial charge in [0.15, 0.2) is 5.13 Å². The predicted octanol–water partition coefficient (Wildman–Crippen LogP) is 4.27. The summed E-state index contributed by atoms with van der Waals surface area (Å²) in [7, 11) is 0. The molecule has 5 nitrogen and oxygen atoms in total. The van der Waals surface area contributed by atoms with Gasteiger partial charge < -0.3 is 4.74 Å². The molecular formula is C22H29N3O2S. The molecule has 0 radical (unpaired) electrons. The van der Waals surface area contributed by atoms with Crippen LogP contribution in [0.5, 0.6) is 0 Å². The number of rotatable bonds is 4. The highest BCUT2D eigenvalue weighted by Gasteiger charge is 2.22. The van der Waals surface area contributed by atoms with Gasteiger partial charge in [-0.3, -0.25) is 15.0 Å². The van der Waals surface area contributed by atoms with Gasteiger partial charge in [-0.05, 0) is 57.2 Å². The molecule has 0 saturated carbocycles. The standard InChI is InChI=1S/C22H29N3O2S/c1-15-12-25(13-16(2)27-15)14-17-8-10-18(11-9-17)21(26)24-22-23-19-6-4-3-5-7-20(19)28-22/h8-11,15-16H,3-7,12-14H2,1-2H3,(H,23,24,26). The summed E-state index contributed by atoms with van der Waals surface area (Å²) in [5.74, 6) is -0.0796. The number of morpholine rings is 1. The first-order chi connectivity index (χ1) is 13.6. The first-order valence-corrected chi connectivity index (χ1v) is 11.1. The number of fused-ring (bicyclic) bond motifs is 1. The molecule has 1 aliphatic carbocycles. The molecule has 28 heavy (non-hydrogen) atoms. The lowest BCUT2D eigenvalue weighted by Gasteiger charge is -2.35. The predicted molar refractivity (Wildman–Crippen MR) is 113 cm³/mol. The van der Waals surface area contributed by atoms with Crippen LogP contribution in [0.2, 0.25) is 0 Å². The van der Waals surface area contributed by atoms with E-state index < -0.39 is 0 Å². The van der Waals surface area contributed by atoms with Crippen molar-refractivity contribution in [2.24, 2.45) is 0 Å². The van der Waals surface area contributed by atoms with Crippen LogP contribution in [0.3, 0.4) is 0 Å². The smallest absolute Gasteiger partial charge is 0.257 e. The van der Waals surface area contributed by atoms with Crippen molar-refractivity contribution in [1.29, 1.82) is 0 Å². The van der Waals surface area contributed by atoms with Crippen molar-refractivity contribution >= 4 is 22.4 Å². The van der Waals surface area contributed by atoms with Gasteiger partial charge in [0.2, 0.25) is 0 Å². The van der Waals surface area contributed by atoms with Gasteiger partial charge in [0.25, 0.3) is 5.91 Å². The number of nitrogens with zero attached hydrogens (tertiary/aromatic N) is 2. The number of benzene rings is 1. The van der Waals surface area contributed by atoms with E-state index in [2.05, 4.69) is 41.2 Å². The van der Waals surface area contributed by atoms with E-state index in [9.17, 15) is 4.79 Å². The molecule has 2 atom stereocenters. The fraction of sp³-hybridized carbons (Fsp3) is 0.545. The second kappa shape index (κ2) is 8.72. The molecule has 2 aromatic rings. The Kier molecular flexibility index (Phi) is 6.09. The van der Waals surface area contributed by atoms with Crippen LogP contribution in [-0.2, 0) is 24.1 Å². The third-order valence-corrected chi connectivity index (χ3v) is 6.51. The summed E-state index contributed by atoms with van der Waals surface area (Å²) in [6, 6.07) is 7.93. The molecule has 6 heteroatoms. The van der Waals surface area contributed by atoms with E-state index in [0.29, 0.717) is 5.56 Å². The molecule has 0 bridgehead atoms. The highest BCUT2D eigenvalue weighted by molar-refractivity contribution is 7.15. The van der Waals surface area contributed by atoms with Crippen LogP contribution in [-0.4, -0.2) is 41.1 Å². The molecular weight excluding hydrogens is 370 g/mol. The van der Waals surface area contributed by atoms with Crippen LogP contribution in [0.4, 0.5) is 5.13 Å². The summed E-state index contributed by atoms with van der Waals surface area (Å²) in [4.78, 5) is 21.0. The molecule has 0 spiro atoms. The molecule has 2 unspecified atom stereocenters. The summed E-state index contributed by atoms with van der Waals surface area (Å²) in [5, 5.41) is 3.72. The Labute approximate surface area is 171 Å². The SMILES string of the molecule is CC1CN(Cc2ccc(C(=O)Nc3nc4c(s3)CCCCC4)cc2)CC(C)O1. The Morgan fingerprint density at radius 2 is 1.86 bits per heavy atom. The van der Waals surface area contributed by atoms with Crippen molar-refractivity contribution in [3.8, 4) is 0 Å². The van der Waals surface area contributed by atoms with Crippen LogP contribution < -0.4 is 5.32 Å². The second-order valence-electron chi connectivity index (χ2n) is 8.05. The molecule has 1 saturated heterocycles. The Bertz CT molecular complexity index is 784. The van der Waals surface area contributed by atoms with Gasteiger partial charge in [-0.1, -0.05) is 18.6 Å². The fourth-order valence-electron chi connectivity index (χ4n) is 4.18. The van der Waals surface area contributed by atoms with E-state index in [1.165, 1.54) is 35.4 Å². The number of ether oxygens (including phenoxy) is 1. The van der Waals surface area contributed by atoms with Crippen molar-refractivity contribution in [1.82, 2.24) is 9.88 Å². The average molecular weight is 400 g/mol. The molecule has 1 amide bonds. The molecule has 1 fully saturated rings. The number of aromatic nitrogens is 1. The molecule has 2 heterocycles. The van der Waals surface area contributed by atoms with Crippen molar-refractivity contribution < 1.29 is 9.53 Å². The quantitative estimate of drug-likeness (QED) is 0.780. The normalized spacial score (nSPS) is 23.1. The zero-order valence-electron chi connectivity index (χ0n) is 16.7. The zero-order chi connectivity index (χ0) is 19.5. The maximum Gasteiger partial charge on any atom is 0.257 e. The lowest BCUT2D eigenvalue weighted by Crippen LogP contribution is -2.44. The monoisotopic (exact) mass is 399 g/mol. The van der Waals surface area contributed by atoms with Gasteiger partial charge in [-0.2, -0.15) is 0 Å². The van der Waals surface area contributed by atoms with Crippen LogP contribution in [0.25, 0.3) is 0 Å². The van der Waals surface area contributed by atoms with Crippen molar-refractivity contribution in [3.63, 3.8) is 0 Å². The number of carbonyl (C=O) groups excluding carboxylic acids is 1. The maximum atomic E-state index is 12.6. The van der Waals surface area contributed by atoms with E-state index in [1.54, 1.807) is 11.3 Å². The Hall–Kier alpha value is -1.76. The molecule has 1 aliphatic heterocycles. The zero-order valence-corrected chi connectivity index (χ0v) is 17.6. The van der Waals surface area contributed by atoms with Gasteiger partial charge in [-0.15, -0.1) is 11.3 Å². The minimum Gasteiger partial charge on any atom is -0.373 e. The molecule has 1 aromatic carbocycles. The van der Waals surface area contributed by atoms with E-state index >= 15 is 0 Å². The number of thiazole rings is 1. The fourth-order valence-corrected chi connectivity index (χ4v) is 5.23. The highest BCUT2D eigenvalue weighted by atomic mass is 32.1. The number of aryl methyl sites for hydroxylation is 2. The van der Waals surface area contributed by atoms with Crippen LogP contribution in [0, 0.1) is 0 Å². The van der Waals surface area contributed by atoms with Crippen LogP contribution >= 0.6 is 11.3 Å². The Balaban J connectivity index is 1.36. The van der Waals surface area contributed by atoms with E-state index in [-0.39, 0.29) is 18.1 Å². The number of carbonyl (C=O) groups is 1. The van der Waals surface area contributed by atoms with Gasteiger partial charge in [0, 0.05) is 30.1 Å². The lowest BCUT2D eigenvalue weighted by atomic mass is 10.1. The van der Waals surface area contributed by atoms with E-state index in [0.717, 1.165) is 37.6 Å². The third-order valence-electron chi connectivity index (χ3n) is 5.43. The third kappa shape index (κ3) is 4.80. The number of nitrogens with one attached hydrogen (secondary N) is 1. The van der Waals surface area contributed by atoms with Gasteiger partial charge in [0.1, 0.15) is 0 Å². The molecule has 4 rings (SSSR count). The number of amides is 1. The summed E-state index contributed by atoms with van der Waals surface area (Å²) in [5.41, 5.74) is 3.08. The maximum absolute atomic E-state index is 12.6. The molecule has 1 aromatic heterocycles. The summed E-state index contributed by atoms with van der Waals surface area (Å²) in [6.45, 7) is 7.02. The Morgan fingerprint density at radius 1 is 1.14 bits per heavy atom. The highest BCUT2D eigenvalue weighted by Crippen LogP contribution is 2.29. The topological polar surface area (TPSA) is 54.5 Å². The molecule has 1 N–H and O–H groups in total. The average Bonchev–Trinajstić information content (AvgIpc) is 2.89. The van der Waals surface area contributed by atoms with Crippen LogP contribution in [0.1, 0.15) is 59.6 Å². The van der Waals surface area contributed by atoms with Crippen molar-refractivity contribution in [3.05, 3.63) is 46.0 Å². The number of hydrogen-bond acceptors (Lipinski definition) is 5. The first-order valence-electron chi connectivity index (χ1n) is 10.3. The Morgan fingerprint density at radius 3 is 2.61 bits per heavy atom. The van der Waals surface area contributed by atoms with Gasteiger partial charge in [-0.25, -0.2) is 4.98 Å². The van der Waals surface area contributed by atoms with E-state index in [4.69, 9.17) is 4.74 Å². The molecule has 2 aliphatic rings. The summed E-state index contributed by atoms with van der Waals surface area (Å²) in [6.07, 6.45) is 6.37. The summed E-state index contributed by atoms with van der Waals surface area (Å²) < 4.78 is 5.80. The number of anilines is 1.